The summed E-state index contributed by atoms with van der Waals surface area (Å²) in [6.45, 7) is 2.08. The quantitative estimate of drug-likeness (QED) is 0.684. The molecule has 0 unspecified atom stereocenters. The summed E-state index contributed by atoms with van der Waals surface area (Å²) in [5.41, 5.74) is 3.56. The van der Waals surface area contributed by atoms with Gasteiger partial charge in [0.2, 0.25) is 0 Å². The van der Waals surface area contributed by atoms with Gasteiger partial charge in [-0.15, -0.1) is 0 Å². The van der Waals surface area contributed by atoms with Gasteiger partial charge in [-0.1, -0.05) is 57.4 Å². The molecule has 15 heavy (non-hydrogen) atoms. The highest BCUT2D eigenvalue weighted by Gasteiger charge is 2.03. The van der Waals surface area contributed by atoms with Gasteiger partial charge in [0.1, 0.15) is 0 Å². The maximum absolute atomic E-state index is 5.97. The predicted octanol–water partition coefficient (Wildman–Crippen LogP) is 5.08. The Balaban J connectivity index is 2.58. The first kappa shape index (κ1) is 10.7. The Morgan fingerprint density at radius 3 is 2.60 bits per heavy atom. The van der Waals surface area contributed by atoms with Crippen molar-refractivity contribution in [3.8, 4) is 11.1 Å². The van der Waals surface area contributed by atoms with Gasteiger partial charge in [0.15, 0.2) is 0 Å². The van der Waals surface area contributed by atoms with Crippen molar-refractivity contribution in [2.45, 2.75) is 6.92 Å². The van der Waals surface area contributed by atoms with Crippen molar-refractivity contribution < 1.29 is 0 Å². The van der Waals surface area contributed by atoms with Crippen LogP contribution in [0, 0.1) is 6.92 Å². The van der Waals surface area contributed by atoms with Crippen LogP contribution >= 0.6 is 27.5 Å². The second kappa shape index (κ2) is 4.38. The van der Waals surface area contributed by atoms with E-state index in [0.29, 0.717) is 0 Å². The zero-order chi connectivity index (χ0) is 10.8. The normalized spacial score (nSPS) is 10.3. The van der Waals surface area contributed by atoms with Crippen LogP contribution in [0.2, 0.25) is 5.02 Å². The highest BCUT2D eigenvalue weighted by molar-refractivity contribution is 9.10. The molecule has 76 valence electrons. The molecule has 2 aromatic rings. The third-order valence-electron chi connectivity index (χ3n) is 2.26. The zero-order valence-corrected chi connectivity index (χ0v) is 10.6. The summed E-state index contributed by atoms with van der Waals surface area (Å²) >= 11 is 9.52. The van der Waals surface area contributed by atoms with Crippen LogP contribution in [0.25, 0.3) is 11.1 Å². The van der Waals surface area contributed by atoms with Crippen molar-refractivity contribution in [2.75, 3.05) is 0 Å². The Labute approximate surface area is 103 Å². The summed E-state index contributed by atoms with van der Waals surface area (Å²) in [7, 11) is 0. The molecule has 0 N–H and O–H groups in total. The van der Waals surface area contributed by atoms with E-state index in [9.17, 15) is 0 Å². The lowest BCUT2D eigenvalue weighted by molar-refractivity contribution is 1.45. The van der Waals surface area contributed by atoms with E-state index >= 15 is 0 Å². The van der Waals surface area contributed by atoms with E-state index in [2.05, 4.69) is 47.1 Å². The Bertz CT molecular complexity index is 492. The highest BCUT2D eigenvalue weighted by Crippen LogP contribution is 2.30. The van der Waals surface area contributed by atoms with Crippen LogP contribution < -0.4 is 0 Å². The van der Waals surface area contributed by atoms with Gasteiger partial charge >= 0.3 is 0 Å². The van der Waals surface area contributed by atoms with Gasteiger partial charge < -0.3 is 0 Å². The molecular formula is C13H10BrCl. The predicted molar refractivity (Wildman–Crippen MR) is 69.3 cm³/mol. The number of aryl methyl sites for hydroxylation is 1. The molecule has 2 rings (SSSR count). The number of benzene rings is 2. The Morgan fingerprint density at radius 2 is 1.87 bits per heavy atom. The summed E-state index contributed by atoms with van der Waals surface area (Å²) in [6.07, 6.45) is 0. The standard InChI is InChI=1S/C13H10BrCl/c1-9-5-6-13(14)12(7-9)10-3-2-4-11(15)8-10/h2-8H,1H3. The van der Waals surface area contributed by atoms with E-state index in [1.54, 1.807) is 0 Å². The summed E-state index contributed by atoms with van der Waals surface area (Å²) in [6, 6.07) is 14.2. The van der Waals surface area contributed by atoms with Gasteiger partial charge in [0.05, 0.1) is 0 Å². The number of hydrogen-bond donors (Lipinski definition) is 0. The lowest BCUT2D eigenvalue weighted by Gasteiger charge is -2.06. The summed E-state index contributed by atoms with van der Waals surface area (Å²) in [5, 5.41) is 0.765. The SMILES string of the molecule is Cc1ccc(Br)c(-c2cccc(Cl)c2)c1. The fourth-order valence-corrected chi connectivity index (χ4v) is 2.18. The van der Waals surface area contributed by atoms with Crippen LogP contribution in [0.4, 0.5) is 0 Å². The van der Waals surface area contributed by atoms with Crippen LogP contribution in [-0.4, -0.2) is 0 Å². The van der Waals surface area contributed by atoms with Gasteiger partial charge in [0.25, 0.3) is 0 Å². The second-order valence-corrected chi connectivity index (χ2v) is 4.78. The van der Waals surface area contributed by atoms with Crippen LogP contribution in [0.15, 0.2) is 46.9 Å². The van der Waals surface area contributed by atoms with Crippen LogP contribution in [-0.2, 0) is 0 Å². The summed E-state index contributed by atoms with van der Waals surface area (Å²) < 4.78 is 1.09. The van der Waals surface area contributed by atoms with Crippen molar-refractivity contribution in [3.63, 3.8) is 0 Å². The molecule has 0 aliphatic heterocycles. The third kappa shape index (κ3) is 2.42. The molecule has 0 aromatic heterocycles. The zero-order valence-electron chi connectivity index (χ0n) is 8.30. The van der Waals surface area contributed by atoms with Crippen molar-refractivity contribution in [1.82, 2.24) is 0 Å². The molecule has 2 heteroatoms. The topological polar surface area (TPSA) is 0 Å². The molecule has 0 amide bonds. The monoisotopic (exact) mass is 280 g/mol. The minimum absolute atomic E-state index is 0.765. The fraction of sp³-hybridized carbons (Fsp3) is 0.0769. The molecule has 0 fully saturated rings. The minimum atomic E-state index is 0.765. The lowest BCUT2D eigenvalue weighted by atomic mass is 10.0. The fourth-order valence-electron chi connectivity index (χ4n) is 1.52. The van der Waals surface area contributed by atoms with E-state index in [0.717, 1.165) is 15.1 Å². The highest BCUT2D eigenvalue weighted by atomic mass is 79.9. The first-order valence-corrected chi connectivity index (χ1v) is 5.86. The van der Waals surface area contributed by atoms with Crippen LogP contribution in [0.5, 0.6) is 0 Å². The molecule has 0 aliphatic rings. The van der Waals surface area contributed by atoms with Gasteiger partial charge in [-0.25, -0.2) is 0 Å². The van der Waals surface area contributed by atoms with Gasteiger partial charge in [-0.2, -0.15) is 0 Å². The second-order valence-electron chi connectivity index (χ2n) is 3.49. The van der Waals surface area contributed by atoms with Crippen molar-refractivity contribution in [1.29, 1.82) is 0 Å². The van der Waals surface area contributed by atoms with Crippen molar-refractivity contribution >= 4 is 27.5 Å². The molecule has 0 heterocycles. The number of rotatable bonds is 1. The van der Waals surface area contributed by atoms with E-state index in [-0.39, 0.29) is 0 Å². The molecule has 0 saturated heterocycles. The molecule has 0 atom stereocenters. The number of halogens is 2. The molecule has 0 spiro atoms. The average Bonchev–Trinajstić information content (AvgIpc) is 2.22. The molecule has 2 aromatic carbocycles. The number of hydrogen-bond acceptors (Lipinski definition) is 0. The molecule has 0 nitrogen and oxygen atoms in total. The van der Waals surface area contributed by atoms with E-state index in [1.807, 2.05) is 18.2 Å². The average molecular weight is 282 g/mol. The van der Waals surface area contributed by atoms with E-state index in [1.165, 1.54) is 11.1 Å². The van der Waals surface area contributed by atoms with Gasteiger partial charge in [-0.05, 0) is 36.2 Å². The molecule has 0 aliphatic carbocycles. The Hall–Kier alpha value is -0.790. The Morgan fingerprint density at radius 1 is 1.07 bits per heavy atom. The maximum Gasteiger partial charge on any atom is 0.0412 e. The van der Waals surface area contributed by atoms with Gasteiger partial charge in [-0.3, -0.25) is 0 Å². The first-order valence-electron chi connectivity index (χ1n) is 4.69. The van der Waals surface area contributed by atoms with Crippen LogP contribution in [0.3, 0.4) is 0 Å². The van der Waals surface area contributed by atoms with Crippen molar-refractivity contribution in [3.05, 3.63) is 57.5 Å². The van der Waals surface area contributed by atoms with E-state index in [4.69, 9.17) is 11.6 Å². The molecule has 0 saturated carbocycles. The maximum atomic E-state index is 5.97. The van der Waals surface area contributed by atoms with Crippen molar-refractivity contribution in [2.24, 2.45) is 0 Å². The largest absolute Gasteiger partial charge is 0.0843 e. The third-order valence-corrected chi connectivity index (χ3v) is 3.18. The molecule has 0 radical (unpaired) electrons. The smallest absolute Gasteiger partial charge is 0.0412 e. The van der Waals surface area contributed by atoms with Crippen LogP contribution in [0.1, 0.15) is 5.56 Å². The lowest BCUT2D eigenvalue weighted by Crippen LogP contribution is -1.81. The molecular weight excluding hydrogens is 272 g/mol. The van der Waals surface area contributed by atoms with E-state index < -0.39 is 0 Å². The summed E-state index contributed by atoms with van der Waals surface area (Å²) in [4.78, 5) is 0. The Kier molecular flexibility index (Phi) is 3.13. The first-order chi connectivity index (χ1) is 7.16. The minimum Gasteiger partial charge on any atom is -0.0843 e. The van der Waals surface area contributed by atoms with Gasteiger partial charge in [0, 0.05) is 9.50 Å². The summed E-state index contributed by atoms with van der Waals surface area (Å²) in [5.74, 6) is 0. The molecule has 0 bridgehead atoms.